The van der Waals surface area contributed by atoms with E-state index < -0.39 is 12.0 Å². The topological polar surface area (TPSA) is 85.2 Å². The minimum Gasteiger partial charge on any atom is -0.463 e. The number of carbonyl (C=O) groups excluding carboxylic acids is 2. The van der Waals surface area contributed by atoms with Crippen molar-refractivity contribution in [1.82, 2.24) is 20.2 Å². The molecule has 0 bridgehead atoms. The summed E-state index contributed by atoms with van der Waals surface area (Å²) in [5.74, 6) is 0.478. The summed E-state index contributed by atoms with van der Waals surface area (Å²) in [6, 6.07) is 7.32. The van der Waals surface area contributed by atoms with Crippen molar-refractivity contribution in [2.45, 2.75) is 45.4 Å². The van der Waals surface area contributed by atoms with Gasteiger partial charge < -0.3 is 19.9 Å². The number of para-hydroxylation sites is 2. The summed E-state index contributed by atoms with van der Waals surface area (Å²) < 4.78 is 7.37. The Morgan fingerprint density at radius 1 is 1.36 bits per heavy atom. The van der Waals surface area contributed by atoms with E-state index in [0.717, 1.165) is 22.7 Å². The van der Waals surface area contributed by atoms with E-state index in [9.17, 15) is 9.59 Å². The summed E-state index contributed by atoms with van der Waals surface area (Å²) in [7, 11) is 0. The number of carbonyl (C=O) groups is 2. The van der Waals surface area contributed by atoms with Crippen LogP contribution in [-0.2, 0) is 16.1 Å². The molecule has 7 nitrogen and oxygen atoms in total. The molecule has 1 aromatic heterocycles. The summed E-state index contributed by atoms with van der Waals surface area (Å²) in [5.41, 5.74) is 3.05. The minimum absolute atomic E-state index is 0.285. The Kier molecular flexibility index (Phi) is 6.28. The molecule has 0 radical (unpaired) electrons. The van der Waals surface area contributed by atoms with E-state index in [2.05, 4.69) is 35.1 Å². The van der Waals surface area contributed by atoms with Crippen LogP contribution in [0.4, 0.5) is 4.79 Å². The molecule has 8 heteroatoms. The lowest BCUT2D eigenvalue weighted by Gasteiger charge is -2.26. The Labute approximate surface area is 168 Å². The van der Waals surface area contributed by atoms with Gasteiger partial charge in [-0.3, -0.25) is 0 Å². The van der Waals surface area contributed by atoms with Gasteiger partial charge in [-0.25, -0.2) is 14.6 Å². The van der Waals surface area contributed by atoms with Crippen LogP contribution in [0, 0.1) is 5.92 Å². The number of urea groups is 1. The van der Waals surface area contributed by atoms with Crippen LogP contribution in [0.3, 0.4) is 0 Å². The average molecular weight is 403 g/mol. The summed E-state index contributed by atoms with van der Waals surface area (Å²) in [6.45, 7) is 9.01. The van der Waals surface area contributed by atoms with Crippen molar-refractivity contribution in [1.29, 1.82) is 0 Å². The molecule has 0 fully saturated rings. The first kappa shape index (κ1) is 20.3. The molecular weight excluding hydrogens is 376 g/mol. The molecule has 3 rings (SSSR count). The van der Waals surface area contributed by atoms with Gasteiger partial charge in [0.05, 0.1) is 29.3 Å². The zero-order valence-corrected chi connectivity index (χ0v) is 17.4. The highest BCUT2D eigenvalue weighted by molar-refractivity contribution is 7.99. The van der Waals surface area contributed by atoms with Crippen molar-refractivity contribution < 1.29 is 14.3 Å². The Hall–Kier alpha value is -2.48. The van der Waals surface area contributed by atoms with Gasteiger partial charge in [0.1, 0.15) is 0 Å². The Balaban J connectivity index is 1.91. The molecule has 150 valence electrons. The van der Waals surface area contributed by atoms with Gasteiger partial charge in [0, 0.05) is 18.0 Å². The number of ether oxygens (including phenoxy) is 1. The number of fused-ring (bicyclic) bond motifs is 1. The number of thioether (sulfide) groups is 1. The first-order valence-electron chi connectivity index (χ1n) is 9.46. The number of aromatic nitrogens is 2. The number of hydrogen-bond donors (Lipinski definition) is 2. The number of imidazole rings is 1. The minimum atomic E-state index is -0.409. The van der Waals surface area contributed by atoms with Crippen LogP contribution in [0.15, 0.2) is 40.7 Å². The van der Waals surface area contributed by atoms with Gasteiger partial charge >= 0.3 is 12.0 Å². The highest BCUT2D eigenvalue weighted by Gasteiger charge is 2.30. The summed E-state index contributed by atoms with van der Waals surface area (Å²) in [6.07, 6.45) is 0. The van der Waals surface area contributed by atoms with Crippen molar-refractivity contribution >= 4 is 34.8 Å². The molecule has 2 aromatic rings. The van der Waals surface area contributed by atoms with E-state index >= 15 is 0 Å². The Morgan fingerprint density at radius 3 is 2.82 bits per heavy atom. The number of rotatable bonds is 7. The predicted molar refractivity (Wildman–Crippen MR) is 110 cm³/mol. The molecule has 0 saturated heterocycles. The molecule has 1 aliphatic rings. The van der Waals surface area contributed by atoms with Gasteiger partial charge in [0.2, 0.25) is 0 Å². The van der Waals surface area contributed by atoms with Gasteiger partial charge in [-0.2, -0.15) is 0 Å². The standard InChI is InChI=1S/C20H26N4O3S/c1-5-27-18(25)17-13(4)21-19(26)22-15(17)11-28-20-23-14-8-6-7-9-16(14)24(20)10-12(2)3/h6-9,12-13H,5,10-11H2,1-4H3,(H2,21,22,26)/t13-/m0/s1. The second-order valence-corrected chi connectivity index (χ2v) is 8.05. The number of nitrogens with zero attached hydrogens (tertiary/aromatic N) is 2. The van der Waals surface area contributed by atoms with Gasteiger partial charge in [-0.1, -0.05) is 37.7 Å². The lowest BCUT2D eigenvalue weighted by molar-refractivity contribution is -0.138. The molecule has 2 N–H and O–H groups in total. The quantitative estimate of drug-likeness (QED) is 0.548. The number of hydrogen-bond acceptors (Lipinski definition) is 5. The Morgan fingerprint density at radius 2 is 2.11 bits per heavy atom. The molecule has 0 aliphatic carbocycles. The van der Waals surface area contributed by atoms with Crippen LogP contribution in [0.25, 0.3) is 11.0 Å². The SMILES string of the molecule is CCOC(=O)C1=C(CSc2nc3ccccc3n2CC(C)C)NC(=O)N[C@H]1C. The molecule has 28 heavy (non-hydrogen) atoms. The lowest BCUT2D eigenvalue weighted by Crippen LogP contribution is -2.49. The number of amides is 2. The third-order valence-corrected chi connectivity index (χ3v) is 5.38. The molecule has 1 aliphatic heterocycles. The van der Waals surface area contributed by atoms with Crippen molar-refractivity contribution in [3.63, 3.8) is 0 Å². The van der Waals surface area contributed by atoms with Gasteiger partial charge in [-0.15, -0.1) is 0 Å². The van der Waals surface area contributed by atoms with Crippen LogP contribution in [0.5, 0.6) is 0 Å². The molecule has 1 aromatic carbocycles. The molecule has 2 heterocycles. The van der Waals surface area contributed by atoms with E-state index in [0.29, 0.717) is 22.9 Å². The fourth-order valence-corrected chi connectivity index (χ4v) is 4.23. The zero-order chi connectivity index (χ0) is 20.3. The number of benzene rings is 1. The van der Waals surface area contributed by atoms with Crippen LogP contribution in [0.1, 0.15) is 27.7 Å². The fraction of sp³-hybridized carbons (Fsp3) is 0.450. The monoisotopic (exact) mass is 402 g/mol. The fourth-order valence-electron chi connectivity index (χ4n) is 3.24. The van der Waals surface area contributed by atoms with E-state index in [1.54, 1.807) is 13.8 Å². The van der Waals surface area contributed by atoms with Gasteiger partial charge in [0.25, 0.3) is 0 Å². The smallest absolute Gasteiger partial charge is 0.337 e. The van der Waals surface area contributed by atoms with Crippen molar-refractivity contribution in [2.75, 3.05) is 12.4 Å². The van der Waals surface area contributed by atoms with Crippen LogP contribution in [-0.4, -0.2) is 40.0 Å². The maximum Gasteiger partial charge on any atom is 0.337 e. The Bertz CT molecular complexity index is 919. The first-order chi connectivity index (χ1) is 13.4. The molecule has 1 atom stereocenters. The van der Waals surface area contributed by atoms with Crippen LogP contribution in [0.2, 0.25) is 0 Å². The van der Waals surface area contributed by atoms with E-state index in [1.807, 2.05) is 18.2 Å². The van der Waals surface area contributed by atoms with Crippen LogP contribution >= 0.6 is 11.8 Å². The largest absolute Gasteiger partial charge is 0.463 e. The molecular formula is C20H26N4O3S. The van der Waals surface area contributed by atoms with Crippen molar-refractivity contribution in [2.24, 2.45) is 5.92 Å². The molecule has 0 saturated carbocycles. The maximum atomic E-state index is 12.4. The summed E-state index contributed by atoms with van der Waals surface area (Å²) in [4.78, 5) is 29.1. The summed E-state index contributed by atoms with van der Waals surface area (Å²) >= 11 is 1.51. The molecule has 0 spiro atoms. The van der Waals surface area contributed by atoms with Crippen molar-refractivity contribution in [3.8, 4) is 0 Å². The molecule has 0 unspecified atom stereocenters. The summed E-state index contributed by atoms with van der Waals surface area (Å²) in [5, 5.41) is 6.35. The van der Waals surface area contributed by atoms with Gasteiger partial charge in [0.15, 0.2) is 5.16 Å². The van der Waals surface area contributed by atoms with E-state index in [1.165, 1.54) is 11.8 Å². The second-order valence-electron chi connectivity index (χ2n) is 7.11. The normalized spacial score (nSPS) is 17.0. The highest BCUT2D eigenvalue weighted by atomic mass is 32.2. The van der Waals surface area contributed by atoms with Crippen LogP contribution < -0.4 is 10.6 Å². The maximum absolute atomic E-state index is 12.4. The van der Waals surface area contributed by atoms with E-state index in [-0.39, 0.29) is 12.6 Å². The number of esters is 1. The average Bonchev–Trinajstić information content (AvgIpc) is 2.96. The number of nitrogens with one attached hydrogen (secondary N) is 2. The van der Waals surface area contributed by atoms with Gasteiger partial charge in [-0.05, 0) is 31.9 Å². The zero-order valence-electron chi connectivity index (χ0n) is 16.6. The van der Waals surface area contributed by atoms with Crippen molar-refractivity contribution in [3.05, 3.63) is 35.5 Å². The lowest BCUT2D eigenvalue weighted by atomic mass is 10.1. The third kappa shape index (κ3) is 4.32. The third-order valence-electron chi connectivity index (χ3n) is 4.38. The van der Waals surface area contributed by atoms with E-state index in [4.69, 9.17) is 9.72 Å². The first-order valence-corrected chi connectivity index (χ1v) is 10.4. The second kappa shape index (κ2) is 8.68. The molecule has 2 amide bonds. The highest BCUT2D eigenvalue weighted by Crippen LogP contribution is 2.28. The predicted octanol–water partition coefficient (Wildman–Crippen LogP) is 3.30.